The molecule has 1 aliphatic carbocycles. The highest BCUT2D eigenvalue weighted by atomic mass is 16.5. The van der Waals surface area contributed by atoms with Gasteiger partial charge in [0.1, 0.15) is 18.2 Å². The number of ether oxygens (including phenoxy) is 1. The van der Waals surface area contributed by atoms with Gasteiger partial charge in [0, 0.05) is 19.7 Å². The quantitative estimate of drug-likeness (QED) is 0.807. The molecule has 0 aromatic carbocycles. The van der Waals surface area contributed by atoms with E-state index >= 15 is 0 Å². The number of nitrogens with two attached hydrogens (primary N) is 1. The predicted molar refractivity (Wildman–Crippen MR) is 86.0 cm³/mol. The average molecular weight is 292 g/mol. The van der Waals surface area contributed by atoms with Gasteiger partial charge in [-0.25, -0.2) is 9.97 Å². The van der Waals surface area contributed by atoms with Crippen LogP contribution in [0, 0.1) is 11.3 Å². The summed E-state index contributed by atoms with van der Waals surface area (Å²) in [5.41, 5.74) is 6.25. The molecule has 5 heteroatoms. The molecule has 0 spiro atoms. The Hall–Kier alpha value is -1.36. The highest BCUT2D eigenvalue weighted by Gasteiger charge is 2.34. The van der Waals surface area contributed by atoms with Crippen molar-refractivity contribution < 1.29 is 4.74 Å². The number of aromatic nitrogens is 2. The molecule has 118 valence electrons. The third-order valence-electron chi connectivity index (χ3n) is 4.22. The van der Waals surface area contributed by atoms with Crippen LogP contribution in [0.5, 0.6) is 0 Å². The molecule has 1 aromatic rings. The van der Waals surface area contributed by atoms with Crippen LogP contribution in [0.25, 0.3) is 0 Å². The molecule has 5 nitrogen and oxygen atoms in total. The molecule has 3 N–H and O–H groups in total. The van der Waals surface area contributed by atoms with Gasteiger partial charge in [0.15, 0.2) is 5.82 Å². The first-order valence-corrected chi connectivity index (χ1v) is 7.89. The van der Waals surface area contributed by atoms with E-state index in [-0.39, 0.29) is 0 Å². The van der Waals surface area contributed by atoms with Crippen molar-refractivity contribution in [1.29, 1.82) is 0 Å². The van der Waals surface area contributed by atoms with E-state index in [0.717, 1.165) is 18.3 Å². The van der Waals surface area contributed by atoms with Gasteiger partial charge < -0.3 is 15.8 Å². The highest BCUT2D eigenvalue weighted by molar-refractivity contribution is 5.44. The minimum atomic E-state index is 0.386. The molecule has 0 unspecified atom stereocenters. The van der Waals surface area contributed by atoms with Crippen LogP contribution in [-0.4, -0.2) is 23.6 Å². The number of nitrogen functional groups attached to an aromatic ring is 1. The summed E-state index contributed by atoms with van der Waals surface area (Å²) in [5.74, 6) is 2.65. The van der Waals surface area contributed by atoms with Gasteiger partial charge in [0.05, 0.1) is 0 Å². The van der Waals surface area contributed by atoms with Gasteiger partial charge in [-0.3, -0.25) is 0 Å². The summed E-state index contributed by atoms with van der Waals surface area (Å²) in [6.45, 7) is 5.96. The molecular weight excluding hydrogens is 264 g/mol. The maximum Gasteiger partial charge on any atom is 0.158 e. The molecular formula is C16H28N4O. The number of hydrogen-bond acceptors (Lipinski definition) is 5. The van der Waals surface area contributed by atoms with Crippen molar-refractivity contribution in [2.45, 2.75) is 52.6 Å². The Morgan fingerprint density at radius 1 is 1.33 bits per heavy atom. The lowest BCUT2D eigenvalue weighted by Crippen LogP contribution is -2.29. The van der Waals surface area contributed by atoms with Crippen molar-refractivity contribution in [2.75, 3.05) is 24.7 Å². The number of methoxy groups -OCH3 is 1. The number of rotatable bonds is 7. The molecule has 1 fully saturated rings. The minimum absolute atomic E-state index is 0.386. The Bertz CT molecular complexity index is 456. The normalized spacial score (nSPS) is 17.3. The van der Waals surface area contributed by atoms with E-state index in [2.05, 4.69) is 29.1 Å². The Morgan fingerprint density at radius 2 is 2.05 bits per heavy atom. The van der Waals surface area contributed by atoms with Gasteiger partial charge in [0.25, 0.3) is 0 Å². The minimum Gasteiger partial charge on any atom is -0.384 e. The topological polar surface area (TPSA) is 73.1 Å². The smallest absolute Gasteiger partial charge is 0.158 e. The van der Waals surface area contributed by atoms with E-state index in [9.17, 15) is 0 Å². The van der Waals surface area contributed by atoms with Crippen LogP contribution in [0.3, 0.4) is 0 Å². The molecule has 1 heterocycles. The number of nitrogens with zero attached hydrogens (tertiary/aromatic N) is 2. The molecule has 1 saturated carbocycles. The lowest BCUT2D eigenvalue weighted by atomic mass is 9.78. The van der Waals surface area contributed by atoms with E-state index in [4.69, 9.17) is 10.5 Å². The highest BCUT2D eigenvalue weighted by Crippen LogP contribution is 2.43. The molecule has 0 amide bonds. The summed E-state index contributed by atoms with van der Waals surface area (Å²) in [5, 5.41) is 3.49. The SMILES string of the molecule is COCc1nc(N)cc(NCC2(CC(C)C)CCCC2)n1. The lowest BCUT2D eigenvalue weighted by Gasteiger charge is -2.31. The fourth-order valence-electron chi connectivity index (χ4n) is 3.52. The summed E-state index contributed by atoms with van der Waals surface area (Å²) >= 11 is 0. The van der Waals surface area contributed by atoms with Crippen molar-refractivity contribution in [3.63, 3.8) is 0 Å². The second kappa shape index (κ2) is 7.07. The van der Waals surface area contributed by atoms with Crippen LogP contribution < -0.4 is 11.1 Å². The molecule has 0 saturated heterocycles. The first-order valence-electron chi connectivity index (χ1n) is 7.89. The Balaban J connectivity index is 2.03. The van der Waals surface area contributed by atoms with Crippen LogP contribution in [0.4, 0.5) is 11.6 Å². The van der Waals surface area contributed by atoms with Crippen LogP contribution in [-0.2, 0) is 11.3 Å². The number of anilines is 2. The Morgan fingerprint density at radius 3 is 2.67 bits per heavy atom. The van der Waals surface area contributed by atoms with Crippen molar-refractivity contribution in [1.82, 2.24) is 9.97 Å². The summed E-state index contributed by atoms with van der Waals surface area (Å²) in [6, 6.07) is 1.80. The van der Waals surface area contributed by atoms with Gasteiger partial charge in [-0.2, -0.15) is 0 Å². The lowest BCUT2D eigenvalue weighted by molar-refractivity contribution is 0.178. The maximum absolute atomic E-state index is 5.84. The zero-order valence-electron chi connectivity index (χ0n) is 13.5. The van der Waals surface area contributed by atoms with Crippen LogP contribution in [0.1, 0.15) is 51.8 Å². The number of hydrogen-bond donors (Lipinski definition) is 2. The van der Waals surface area contributed by atoms with E-state index in [1.165, 1.54) is 32.1 Å². The monoisotopic (exact) mass is 292 g/mol. The van der Waals surface area contributed by atoms with E-state index in [1.54, 1.807) is 13.2 Å². The fraction of sp³-hybridized carbons (Fsp3) is 0.750. The fourth-order valence-corrected chi connectivity index (χ4v) is 3.52. The van der Waals surface area contributed by atoms with E-state index < -0.39 is 0 Å². The van der Waals surface area contributed by atoms with Gasteiger partial charge in [-0.15, -0.1) is 0 Å². The van der Waals surface area contributed by atoms with E-state index in [0.29, 0.717) is 23.7 Å². The molecule has 1 aliphatic rings. The molecule has 0 aliphatic heterocycles. The second-order valence-corrected chi connectivity index (χ2v) is 6.69. The molecule has 1 aromatic heterocycles. The van der Waals surface area contributed by atoms with Gasteiger partial charge >= 0.3 is 0 Å². The molecule has 2 rings (SSSR count). The summed E-state index contributed by atoms with van der Waals surface area (Å²) < 4.78 is 5.08. The van der Waals surface area contributed by atoms with Gasteiger partial charge in [-0.1, -0.05) is 26.7 Å². The average Bonchev–Trinajstić information content (AvgIpc) is 2.84. The zero-order valence-corrected chi connectivity index (χ0v) is 13.5. The second-order valence-electron chi connectivity index (χ2n) is 6.69. The third kappa shape index (κ3) is 4.56. The first-order chi connectivity index (χ1) is 10.0. The zero-order chi connectivity index (χ0) is 15.3. The standard InChI is InChI=1S/C16H28N4O/c1-12(2)9-16(6-4-5-7-16)11-18-14-8-13(17)19-15(20-14)10-21-3/h8,12H,4-7,9-11H2,1-3H3,(H3,17,18,19,20). The summed E-state index contributed by atoms with van der Waals surface area (Å²) in [4.78, 5) is 8.64. The Kier molecular flexibility index (Phi) is 5.39. The largest absolute Gasteiger partial charge is 0.384 e. The van der Waals surface area contributed by atoms with Crippen molar-refractivity contribution in [3.8, 4) is 0 Å². The summed E-state index contributed by atoms with van der Waals surface area (Å²) in [6.07, 6.45) is 6.57. The number of nitrogens with one attached hydrogen (secondary N) is 1. The molecule has 0 atom stereocenters. The predicted octanol–water partition coefficient (Wildman–Crippen LogP) is 3.22. The van der Waals surface area contributed by atoms with Crippen LogP contribution in [0.15, 0.2) is 6.07 Å². The van der Waals surface area contributed by atoms with E-state index in [1.807, 2.05) is 0 Å². The van der Waals surface area contributed by atoms with Gasteiger partial charge in [-0.05, 0) is 30.6 Å². The van der Waals surface area contributed by atoms with Crippen LogP contribution in [0.2, 0.25) is 0 Å². The third-order valence-corrected chi connectivity index (χ3v) is 4.22. The first kappa shape index (κ1) is 16.0. The summed E-state index contributed by atoms with van der Waals surface area (Å²) in [7, 11) is 1.63. The molecule has 21 heavy (non-hydrogen) atoms. The Labute approximate surface area is 127 Å². The van der Waals surface area contributed by atoms with Crippen molar-refractivity contribution in [3.05, 3.63) is 11.9 Å². The molecule has 0 bridgehead atoms. The molecule has 0 radical (unpaired) electrons. The van der Waals surface area contributed by atoms with Gasteiger partial charge in [0.2, 0.25) is 0 Å². The van der Waals surface area contributed by atoms with Crippen molar-refractivity contribution >= 4 is 11.6 Å². The van der Waals surface area contributed by atoms with Crippen molar-refractivity contribution in [2.24, 2.45) is 11.3 Å². The van der Waals surface area contributed by atoms with Crippen LogP contribution >= 0.6 is 0 Å². The maximum atomic E-state index is 5.84.